The van der Waals surface area contributed by atoms with Crippen LogP contribution in [-0.2, 0) is 13.5 Å². The number of hydrogen-bond acceptors (Lipinski definition) is 4. The van der Waals surface area contributed by atoms with Crippen LogP contribution in [0, 0.1) is 11.8 Å². The van der Waals surface area contributed by atoms with E-state index in [0.717, 1.165) is 18.8 Å². The third-order valence-electron chi connectivity index (χ3n) is 2.64. The van der Waals surface area contributed by atoms with Crippen molar-refractivity contribution in [2.75, 3.05) is 6.54 Å². The monoisotopic (exact) mass is 239 g/mol. The molecule has 0 radical (unpaired) electrons. The van der Waals surface area contributed by atoms with Crippen molar-refractivity contribution in [1.29, 1.82) is 0 Å². The summed E-state index contributed by atoms with van der Waals surface area (Å²) in [7, 11) is 1.81. The van der Waals surface area contributed by atoms with Crippen molar-refractivity contribution in [1.82, 2.24) is 25.5 Å². The van der Waals surface area contributed by atoms with Crippen LogP contribution in [0.5, 0.6) is 0 Å². The Morgan fingerprint density at radius 2 is 1.94 bits per heavy atom. The molecule has 0 saturated carbocycles. The number of tetrazole rings is 1. The first-order chi connectivity index (χ1) is 7.97. The maximum Gasteiger partial charge on any atom is 0.175 e. The number of aryl methyl sites for hydroxylation is 1. The molecule has 5 nitrogen and oxygen atoms in total. The number of nitrogens with one attached hydrogen (secondary N) is 1. The molecule has 1 atom stereocenters. The molecule has 17 heavy (non-hydrogen) atoms. The molecule has 1 aromatic heterocycles. The van der Waals surface area contributed by atoms with Crippen LogP contribution >= 0.6 is 0 Å². The third-order valence-corrected chi connectivity index (χ3v) is 2.64. The zero-order chi connectivity index (χ0) is 12.8. The summed E-state index contributed by atoms with van der Waals surface area (Å²) < 4.78 is 0. The predicted octanol–water partition coefficient (Wildman–Crippen LogP) is 1.41. The Morgan fingerprint density at radius 1 is 1.24 bits per heavy atom. The van der Waals surface area contributed by atoms with E-state index in [0.29, 0.717) is 17.9 Å². The molecule has 1 aromatic rings. The molecule has 1 heterocycles. The van der Waals surface area contributed by atoms with Crippen molar-refractivity contribution in [2.24, 2.45) is 18.9 Å². The third kappa shape index (κ3) is 5.77. The van der Waals surface area contributed by atoms with Crippen molar-refractivity contribution in [3.05, 3.63) is 5.82 Å². The summed E-state index contributed by atoms with van der Waals surface area (Å²) in [6, 6.07) is 0.527. The van der Waals surface area contributed by atoms with E-state index >= 15 is 0 Å². The second-order valence-corrected chi connectivity index (χ2v) is 5.46. The van der Waals surface area contributed by atoms with Crippen LogP contribution in [0.25, 0.3) is 0 Å². The van der Waals surface area contributed by atoms with Gasteiger partial charge >= 0.3 is 0 Å². The number of rotatable bonds is 7. The van der Waals surface area contributed by atoms with Crippen LogP contribution in [0.2, 0.25) is 0 Å². The fraction of sp³-hybridized carbons (Fsp3) is 0.917. The summed E-state index contributed by atoms with van der Waals surface area (Å²) in [6.07, 6.45) is 2.10. The minimum absolute atomic E-state index is 0.527. The zero-order valence-corrected chi connectivity index (χ0v) is 11.6. The first kappa shape index (κ1) is 14.1. The van der Waals surface area contributed by atoms with E-state index in [2.05, 4.69) is 48.4 Å². The molecule has 1 rings (SSSR count). The fourth-order valence-corrected chi connectivity index (χ4v) is 1.97. The van der Waals surface area contributed by atoms with Gasteiger partial charge in [-0.3, -0.25) is 0 Å². The molecule has 0 aromatic carbocycles. The Kier molecular flexibility index (Phi) is 5.55. The van der Waals surface area contributed by atoms with E-state index in [-0.39, 0.29) is 0 Å². The smallest absolute Gasteiger partial charge is 0.175 e. The molecule has 1 unspecified atom stereocenters. The van der Waals surface area contributed by atoms with Crippen molar-refractivity contribution < 1.29 is 0 Å². The Morgan fingerprint density at radius 3 is 2.41 bits per heavy atom. The molecule has 0 saturated heterocycles. The summed E-state index contributed by atoms with van der Waals surface area (Å²) in [5, 5.41) is 15.7. The molecule has 0 fully saturated rings. The van der Waals surface area contributed by atoms with Gasteiger partial charge in [0.15, 0.2) is 5.82 Å². The fourth-order valence-electron chi connectivity index (χ4n) is 1.97. The molecule has 0 spiro atoms. The lowest BCUT2D eigenvalue weighted by atomic mass is 9.93. The second kappa shape index (κ2) is 6.69. The van der Waals surface area contributed by atoms with Gasteiger partial charge in [0.05, 0.1) is 7.05 Å². The van der Waals surface area contributed by atoms with Gasteiger partial charge in [0.1, 0.15) is 0 Å². The lowest BCUT2D eigenvalue weighted by Crippen LogP contribution is -2.30. The van der Waals surface area contributed by atoms with Gasteiger partial charge in [-0.1, -0.05) is 27.7 Å². The standard InChI is InChI=1S/C12H25N5/c1-9(2)6-11(8-13-10(3)4)7-12-14-16-17(5)15-12/h9-11,13H,6-8H2,1-5H3. The highest BCUT2D eigenvalue weighted by Gasteiger charge is 2.15. The van der Waals surface area contributed by atoms with Gasteiger partial charge in [0, 0.05) is 12.5 Å². The van der Waals surface area contributed by atoms with Crippen LogP contribution < -0.4 is 5.32 Å². The average molecular weight is 239 g/mol. The van der Waals surface area contributed by atoms with Crippen LogP contribution in [-0.4, -0.2) is 32.8 Å². The molecular formula is C12H25N5. The van der Waals surface area contributed by atoms with Crippen LogP contribution in [0.4, 0.5) is 0 Å². The molecule has 0 amide bonds. The summed E-state index contributed by atoms with van der Waals surface area (Å²) in [6.45, 7) is 9.88. The molecular weight excluding hydrogens is 214 g/mol. The maximum absolute atomic E-state index is 4.25. The SMILES string of the molecule is CC(C)CC(CNC(C)C)Cc1nnn(C)n1. The van der Waals surface area contributed by atoms with Gasteiger partial charge in [-0.25, -0.2) is 0 Å². The molecule has 0 aliphatic rings. The van der Waals surface area contributed by atoms with Gasteiger partial charge in [-0.05, 0) is 30.0 Å². The lowest BCUT2D eigenvalue weighted by Gasteiger charge is -2.19. The summed E-state index contributed by atoms with van der Waals surface area (Å²) in [5.41, 5.74) is 0. The maximum atomic E-state index is 4.25. The largest absolute Gasteiger partial charge is 0.314 e. The summed E-state index contributed by atoms with van der Waals surface area (Å²) in [5.74, 6) is 2.14. The molecule has 98 valence electrons. The summed E-state index contributed by atoms with van der Waals surface area (Å²) in [4.78, 5) is 1.53. The first-order valence-corrected chi connectivity index (χ1v) is 6.43. The van der Waals surface area contributed by atoms with Crippen LogP contribution in [0.1, 0.15) is 39.9 Å². The van der Waals surface area contributed by atoms with Crippen molar-refractivity contribution in [2.45, 2.75) is 46.6 Å². The molecule has 5 heteroatoms. The normalized spacial score (nSPS) is 13.6. The van der Waals surface area contributed by atoms with Gasteiger partial charge < -0.3 is 5.32 Å². The zero-order valence-electron chi connectivity index (χ0n) is 11.6. The van der Waals surface area contributed by atoms with Crippen LogP contribution in [0.3, 0.4) is 0 Å². The minimum atomic E-state index is 0.527. The highest BCUT2D eigenvalue weighted by atomic mass is 15.6. The second-order valence-electron chi connectivity index (χ2n) is 5.46. The molecule has 0 aliphatic heterocycles. The van der Waals surface area contributed by atoms with Gasteiger partial charge in [0.2, 0.25) is 0 Å². The number of hydrogen-bond donors (Lipinski definition) is 1. The molecule has 0 bridgehead atoms. The van der Waals surface area contributed by atoms with Crippen molar-refractivity contribution >= 4 is 0 Å². The number of aromatic nitrogens is 4. The predicted molar refractivity (Wildman–Crippen MR) is 68.6 cm³/mol. The van der Waals surface area contributed by atoms with E-state index < -0.39 is 0 Å². The van der Waals surface area contributed by atoms with E-state index in [9.17, 15) is 0 Å². The Balaban J connectivity index is 2.50. The van der Waals surface area contributed by atoms with E-state index in [1.807, 2.05) is 0 Å². The highest BCUT2D eigenvalue weighted by Crippen LogP contribution is 2.14. The number of nitrogens with zero attached hydrogens (tertiary/aromatic N) is 4. The topological polar surface area (TPSA) is 55.6 Å². The summed E-state index contributed by atoms with van der Waals surface area (Å²) >= 11 is 0. The van der Waals surface area contributed by atoms with E-state index in [4.69, 9.17) is 0 Å². The molecule has 1 N–H and O–H groups in total. The Bertz CT molecular complexity index is 318. The highest BCUT2D eigenvalue weighted by molar-refractivity contribution is 4.82. The average Bonchev–Trinajstić information content (AvgIpc) is 2.59. The van der Waals surface area contributed by atoms with Gasteiger partial charge in [0.25, 0.3) is 0 Å². The Labute approximate surface area is 104 Å². The quantitative estimate of drug-likeness (QED) is 0.781. The van der Waals surface area contributed by atoms with Gasteiger partial charge in [-0.15, -0.1) is 10.2 Å². The molecule has 0 aliphatic carbocycles. The minimum Gasteiger partial charge on any atom is -0.314 e. The van der Waals surface area contributed by atoms with E-state index in [1.54, 1.807) is 7.05 Å². The lowest BCUT2D eigenvalue weighted by molar-refractivity contribution is 0.367. The van der Waals surface area contributed by atoms with Gasteiger partial charge in [-0.2, -0.15) is 4.80 Å². The van der Waals surface area contributed by atoms with Crippen molar-refractivity contribution in [3.63, 3.8) is 0 Å². The Hall–Kier alpha value is -0.970. The first-order valence-electron chi connectivity index (χ1n) is 6.43. The van der Waals surface area contributed by atoms with E-state index in [1.165, 1.54) is 11.2 Å². The van der Waals surface area contributed by atoms with Crippen LogP contribution in [0.15, 0.2) is 0 Å². The van der Waals surface area contributed by atoms with Crippen molar-refractivity contribution in [3.8, 4) is 0 Å².